The van der Waals surface area contributed by atoms with Crippen LogP contribution in [-0.4, -0.2) is 60.0 Å². The Kier molecular flexibility index (Phi) is 11.8. The summed E-state index contributed by atoms with van der Waals surface area (Å²) < 4.78 is 21.9. The fraction of sp³-hybridized carbons (Fsp3) is 0.500. The van der Waals surface area contributed by atoms with Gasteiger partial charge in [0.2, 0.25) is 5.96 Å². The first-order valence-electron chi connectivity index (χ1n) is 14.5. The monoisotopic (exact) mass is 596 g/mol. The highest BCUT2D eigenvalue weighted by Gasteiger charge is 2.24. The Morgan fingerprint density at radius 2 is 1.40 bits per heavy atom. The standard InChI is InChI=1S/C32H44N4O7/c1-31(2,3)42-28(37)34-27(35-29(38)43-32(4,5)6)33-25-12-14-26(15-13-25)40-21-18-23-16-19-36(20-17-23)30(39)41-22-24-10-8-7-9-11-24/h7-15,23H,16-22H2,1-6H3,(H2,33,34,35,37,38). The number of amides is 3. The van der Waals surface area contributed by atoms with Crippen molar-refractivity contribution in [3.05, 3.63) is 60.2 Å². The summed E-state index contributed by atoms with van der Waals surface area (Å²) >= 11 is 0. The minimum absolute atomic E-state index is 0.132. The number of hydrogen-bond donors (Lipinski definition) is 2. The van der Waals surface area contributed by atoms with E-state index < -0.39 is 23.4 Å². The van der Waals surface area contributed by atoms with Crippen molar-refractivity contribution < 1.29 is 33.3 Å². The maximum atomic E-state index is 12.4. The number of hydrogen-bond acceptors (Lipinski definition) is 8. The molecule has 3 rings (SSSR count). The highest BCUT2D eigenvalue weighted by atomic mass is 16.6. The summed E-state index contributed by atoms with van der Waals surface area (Å²) in [6.07, 6.45) is 0.864. The molecular formula is C32H44N4O7. The predicted molar refractivity (Wildman–Crippen MR) is 163 cm³/mol. The van der Waals surface area contributed by atoms with Crippen LogP contribution >= 0.6 is 0 Å². The maximum absolute atomic E-state index is 12.4. The second kappa shape index (κ2) is 15.3. The van der Waals surface area contributed by atoms with Crippen molar-refractivity contribution in [1.29, 1.82) is 0 Å². The zero-order valence-corrected chi connectivity index (χ0v) is 26.0. The molecule has 0 aliphatic carbocycles. The number of likely N-dealkylation sites (tertiary alicyclic amines) is 1. The molecule has 0 atom stereocenters. The molecule has 43 heavy (non-hydrogen) atoms. The number of nitrogens with zero attached hydrogens (tertiary/aromatic N) is 2. The van der Waals surface area contributed by atoms with E-state index in [2.05, 4.69) is 15.6 Å². The van der Waals surface area contributed by atoms with Gasteiger partial charge in [-0.2, -0.15) is 0 Å². The van der Waals surface area contributed by atoms with Crippen LogP contribution in [0.15, 0.2) is 59.6 Å². The SMILES string of the molecule is CC(C)(C)OC(=O)NC(=Nc1ccc(OCCC2CCN(C(=O)OCc3ccccc3)CC2)cc1)NC(=O)OC(C)(C)C. The third kappa shape index (κ3) is 13.1. The van der Waals surface area contributed by atoms with Crippen LogP contribution < -0.4 is 15.4 Å². The lowest BCUT2D eigenvalue weighted by molar-refractivity contribution is 0.0544. The van der Waals surface area contributed by atoms with Gasteiger partial charge in [0.25, 0.3) is 0 Å². The molecular weight excluding hydrogens is 552 g/mol. The molecule has 0 saturated carbocycles. The lowest BCUT2D eigenvalue weighted by atomic mass is 9.94. The molecule has 0 unspecified atom stereocenters. The van der Waals surface area contributed by atoms with E-state index in [0.29, 0.717) is 37.1 Å². The number of rotatable bonds is 7. The third-order valence-corrected chi connectivity index (χ3v) is 6.19. The van der Waals surface area contributed by atoms with E-state index in [0.717, 1.165) is 24.8 Å². The predicted octanol–water partition coefficient (Wildman–Crippen LogP) is 6.54. The Labute approximate surface area is 253 Å². The summed E-state index contributed by atoms with van der Waals surface area (Å²) in [6, 6.07) is 16.6. The fourth-order valence-corrected chi connectivity index (χ4v) is 4.19. The number of nitrogens with one attached hydrogen (secondary N) is 2. The molecule has 2 aromatic carbocycles. The molecule has 0 spiro atoms. The van der Waals surface area contributed by atoms with Gasteiger partial charge in [0.15, 0.2) is 0 Å². The molecule has 0 bridgehead atoms. The number of aliphatic imine (C=N–C) groups is 1. The average molecular weight is 597 g/mol. The van der Waals surface area contributed by atoms with Gasteiger partial charge in [0, 0.05) is 13.1 Å². The first kappa shape index (κ1) is 33.2. The van der Waals surface area contributed by atoms with Crippen molar-refractivity contribution in [2.24, 2.45) is 10.9 Å². The number of carbonyl (C=O) groups excluding carboxylic acids is 3. The van der Waals surface area contributed by atoms with Crippen molar-refractivity contribution in [2.75, 3.05) is 19.7 Å². The smallest absolute Gasteiger partial charge is 0.414 e. The fourth-order valence-electron chi connectivity index (χ4n) is 4.19. The molecule has 1 aliphatic heterocycles. The Morgan fingerprint density at radius 1 is 0.837 bits per heavy atom. The first-order chi connectivity index (χ1) is 20.3. The molecule has 3 amide bonds. The van der Waals surface area contributed by atoms with Gasteiger partial charge in [0.1, 0.15) is 23.6 Å². The van der Waals surface area contributed by atoms with Gasteiger partial charge in [-0.25, -0.2) is 19.4 Å². The minimum atomic E-state index is -0.767. The van der Waals surface area contributed by atoms with E-state index in [9.17, 15) is 14.4 Å². The van der Waals surface area contributed by atoms with E-state index in [-0.39, 0.29) is 18.7 Å². The third-order valence-electron chi connectivity index (χ3n) is 6.19. The molecule has 2 aromatic rings. The molecule has 11 heteroatoms. The average Bonchev–Trinajstić information content (AvgIpc) is 2.91. The Balaban J connectivity index is 1.46. The Morgan fingerprint density at radius 3 is 1.93 bits per heavy atom. The molecule has 234 valence electrons. The molecule has 1 heterocycles. The van der Waals surface area contributed by atoms with E-state index in [1.54, 1.807) is 70.7 Å². The number of benzene rings is 2. The number of guanidine groups is 1. The zero-order valence-electron chi connectivity index (χ0n) is 26.0. The van der Waals surface area contributed by atoms with Gasteiger partial charge in [-0.05, 0) is 96.6 Å². The van der Waals surface area contributed by atoms with E-state index in [4.69, 9.17) is 18.9 Å². The molecule has 0 aromatic heterocycles. The summed E-state index contributed by atoms with van der Waals surface area (Å²) in [7, 11) is 0. The minimum Gasteiger partial charge on any atom is -0.494 e. The van der Waals surface area contributed by atoms with Crippen molar-refractivity contribution in [1.82, 2.24) is 15.5 Å². The van der Waals surface area contributed by atoms with Crippen LogP contribution in [0.5, 0.6) is 5.75 Å². The van der Waals surface area contributed by atoms with Crippen LogP contribution in [0.3, 0.4) is 0 Å². The number of alkyl carbamates (subject to hydrolysis) is 2. The quantitative estimate of drug-likeness (QED) is 0.211. The van der Waals surface area contributed by atoms with Crippen LogP contribution in [0, 0.1) is 5.92 Å². The van der Waals surface area contributed by atoms with E-state index >= 15 is 0 Å². The Hall–Kier alpha value is -4.28. The van der Waals surface area contributed by atoms with Crippen LogP contribution in [0.2, 0.25) is 0 Å². The zero-order chi connectivity index (χ0) is 31.5. The molecule has 1 aliphatic rings. The van der Waals surface area contributed by atoms with Gasteiger partial charge in [-0.1, -0.05) is 30.3 Å². The van der Waals surface area contributed by atoms with Gasteiger partial charge in [0.05, 0.1) is 12.3 Å². The van der Waals surface area contributed by atoms with Crippen molar-refractivity contribution in [3.63, 3.8) is 0 Å². The van der Waals surface area contributed by atoms with E-state index in [1.165, 1.54) is 0 Å². The highest BCUT2D eigenvalue weighted by Crippen LogP contribution is 2.23. The molecule has 2 N–H and O–H groups in total. The summed E-state index contributed by atoms with van der Waals surface area (Å²) in [4.78, 5) is 43.1. The van der Waals surface area contributed by atoms with E-state index in [1.807, 2.05) is 30.3 Å². The lowest BCUT2D eigenvalue weighted by Gasteiger charge is -2.31. The van der Waals surface area contributed by atoms with Crippen molar-refractivity contribution in [3.8, 4) is 5.75 Å². The normalized spacial score (nSPS) is 13.9. The van der Waals surface area contributed by atoms with Crippen LogP contribution in [0.1, 0.15) is 66.4 Å². The van der Waals surface area contributed by atoms with Gasteiger partial charge in [-0.3, -0.25) is 10.6 Å². The van der Waals surface area contributed by atoms with Crippen LogP contribution in [0.25, 0.3) is 0 Å². The number of ether oxygens (including phenoxy) is 4. The van der Waals surface area contributed by atoms with Gasteiger partial charge in [-0.15, -0.1) is 0 Å². The molecule has 11 nitrogen and oxygen atoms in total. The summed E-state index contributed by atoms with van der Waals surface area (Å²) in [5, 5.41) is 4.92. The topological polar surface area (TPSA) is 128 Å². The van der Waals surface area contributed by atoms with Crippen LogP contribution in [-0.2, 0) is 20.8 Å². The lowest BCUT2D eigenvalue weighted by Crippen LogP contribution is -2.47. The Bertz CT molecular complexity index is 1200. The summed E-state index contributed by atoms with van der Waals surface area (Å²) in [6.45, 7) is 12.5. The van der Waals surface area contributed by atoms with Gasteiger partial charge < -0.3 is 23.8 Å². The molecule has 1 fully saturated rings. The number of carbonyl (C=O) groups is 3. The largest absolute Gasteiger partial charge is 0.494 e. The van der Waals surface area contributed by atoms with Crippen molar-refractivity contribution >= 4 is 29.9 Å². The summed E-state index contributed by atoms with van der Waals surface area (Å²) in [5.74, 6) is 0.998. The second-order valence-electron chi connectivity index (χ2n) is 12.3. The maximum Gasteiger partial charge on any atom is 0.414 e. The second-order valence-corrected chi connectivity index (χ2v) is 12.3. The van der Waals surface area contributed by atoms with Gasteiger partial charge >= 0.3 is 18.3 Å². The molecule has 0 radical (unpaired) electrons. The van der Waals surface area contributed by atoms with Crippen molar-refractivity contribution in [2.45, 2.75) is 78.6 Å². The number of piperidine rings is 1. The molecule has 1 saturated heterocycles. The van der Waals surface area contributed by atoms with Crippen LogP contribution in [0.4, 0.5) is 20.1 Å². The highest BCUT2D eigenvalue weighted by molar-refractivity contribution is 6.02. The summed E-state index contributed by atoms with van der Waals surface area (Å²) in [5.41, 5.74) is -0.0178. The first-order valence-corrected chi connectivity index (χ1v) is 14.5.